The Morgan fingerprint density at radius 2 is 1.90 bits per heavy atom. The van der Waals surface area contributed by atoms with Crippen LogP contribution in [-0.4, -0.2) is 104 Å². The lowest BCUT2D eigenvalue weighted by Crippen LogP contribution is -2.46. The first kappa shape index (κ1) is 22.6. The lowest BCUT2D eigenvalue weighted by Gasteiger charge is -2.32. The van der Waals surface area contributed by atoms with E-state index in [0.29, 0.717) is 31.4 Å². The molecule has 0 radical (unpaired) electrons. The second kappa shape index (κ2) is 9.82. The van der Waals surface area contributed by atoms with Crippen LogP contribution in [0.3, 0.4) is 0 Å². The molecule has 0 spiro atoms. The molecule has 0 aliphatic carbocycles. The summed E-state index contributed by atoms with van der Waals surface area (Å²) >= 11 is 0. The van der Waals surface area contributed by atoms with E-state index in [0.717, 1.165) is 38.2 Å². The molecule has 1 aromatic carbocycles. The van der Waals surface area contributed by atoms with E-state index in [2.05, 4.69) is 32.5 Å². The van der Waals surface area contributed by atoms with Crippen LogP contribution < -0.4 is 5.32 Å². The number of hydrogen-bond donors (Lipinski definition) is 1. The van der Waals surface area contributed by atoms with E-state index in [1.807, 2.05) is 0 Å². The van der Waals surface area contributed by atoms with Gasteiger partial charge >= 0.3 is 0 Å². The Morgan fingerprint density at radius 1 is 1.17 bits per heavy atom. The number of likely N-dealkylation sites (N-methyl/N-ethyl adjacent to an activating group) is 1. The summed E-state index contributed by atoms with van der Waals surface area (Å²) < 4.78 is 27.4. The molecule has 1 saturated heterocycles. The molecule has 1 fully saturated rings. The van der Waals surface area contributed by atoms with E-state index in [9.17, 15) is 13.2 Å². The molecular formula is C19H31N7O3S. The molecule has 0 bridgehead atoms. The van der Waals surface area contributed by atoms with Gasteiger partial charge < -0.3 is 10.2 Å². The van der Waals surface area contributed by atoms with Crippen molar-refractivity contribution in [2.75, 3.05) is 60.4 Å². The van der Waals surface area contributed by atoms with E-state index >= 15 is 0 Å². The molecule has 10 nitrogen and oxygen atoms in total. The molecule has 30 heavy (non-hydrogen) atoms. The van der Waals surface area contributed by atoms with Crippen LogP contribution in [0.5, 0.6) is 0 Å². The molecule has 3 rings (SSSR count). The summed E-state index contributed by atoms with van der Waals surface area (Å²) in [6.45, 7) is 6.32. The fraction of sp³-hybridized carbons (Fsp3) is 0.632. The van der Waals surface area contributed by atoms with Crippen LogP contribution in [0.4, 0.5) is 0 Å². The van der Waals surface area contributed by atoms with Crippen LogP contribution in [0.25, 0.3) is 11.0 Å². The van der Waals surface area contributed by atoms with Crippen LogP contribution in [0.2, 0.25) is 0 Å². The predicted molar refractivity (Wildman–Crippen MR) is 115 cm³/mol. The number of aryl methyl sites for hydroxylation is 1. The molecule has 2 heterocycles. The number of rotatable bonds is 9. The molecule has 0 atom stereocenters. The molecule has 2 aromatic rings. The molecule has 0 saturated carbocycles. The monoisotopic (exact) mass is 437 g/mol. The second-order valence-electron chi connectivity index (χ2n) is 7.85. The Kier molecular flexibility index (Phi) is 7.40. The highest BCUT2D eigenvalue weighted by atomic mass is 32.2. The fourth-order valence-electron chi connectivity index (χ4n) is 3.39. The molecule has 166 valence electrons. The third kappa shape index (κ3) is 5.54. The maximum absolute atomic E-state index is 12.3. The van der Waals surface area contributed by atoms with Crippen LogP contribution >= 0.6 is 0 Å². The zero-order valence-electron chi connectivity index (χ0n) is 17.9. The van der Waals surface area contributed by atoms with Gasteiger partial charge in [0.2, 0.25) is 15.9 Å². The first-order valence-corrected chi connectivity index (χ1v) is 11.6. The van der Waals surface area contributed by atoms with Gasteiger partial charge in [-0.3, -0.25) is 9.69 Å². The molecule has 1 aliphatic heterocycles. The summed E-state index contributed by atoms with van der Waals surface area (Å²) in [5.41, 5.74) is 1.28. The number of nitrogens with one attached hydrogen (secondary N) is 1. The molecule has 1 aromatic heterocycles. The number of hydrogen-bond acceptors (Lipinski definition) is 7. The number of benzene rings is 1. The van der Waals surface area contributed by atoms with Gasteiger partial charge in [-0.25, -0.2) is 17.4 Å². The Labute approximate surface area is 177 Å². The summed E-state index contributed by atoms with van der Waals surface area (Å²) in [4.78, 5) is 17.0. The summed E-state index contributed by atoms with van der Waals surface area (Å²) in [5, 5.41) is 11.2. The minimum Gasteiger partial charge on any atom is -0.355 e. The summed E-state index contributed by atoms with van der Waals surface area (Å²) in [6.07, 6.45) is 1.05. The van der Waals surface area contributed by atoms with Crippen molar-refractivity contribution in [2.45, 2.75) is 24.3 Å². The maximum atomic E-state index is 12.3. The second-order valence-corrected chi connectivity index (χ2v) is 10.0. The minimum atomic E-state index is -3.51. The highest BCUT2D eigenvalue weighted by Crippen LogP contribution is 2.19. The average Bonchev–Trinajstić information content (AvgIpc) is 3.12. The van der Waals surface area contributed by atoms with E-state index < -0.39 is 10.0 Å². The van der Waals surface area contributed by atoms with Crippen molar-refractivity contribution in [2.24, 2.45) is 0 Å². The van der Waals surface area contributed by atoms with E-state index in [1.165, 1.54) is 24.5 Å². The standard InChI is InChI=1S/C19H31N7O3S/c1-23(2)30(28,29)16-6-7-18-17(15-16)21-22-26(18)9-4-5-19(27)20-8-10-25-13-11-24(3)12-14-25/h6-7,15H,4-5,8-14H2,1-3H3,(H,20,27). The summed E-state index contributed by atoms with van der Waals surface area (Å²) in [6, 6.07) is 4.80. The zero-order valence-corrected chi connectivity index (χ0v) is 18.7. The van der Waals surface area contributed by atoms with Gasteiger partial charge in [0.05, 0.1) is 10.4 Å². The minimum absolute atomic E-state index is 0.0351. The largest absolute Gasteiger partial charge is 0.355 e. The quantitative estimate of drug-likeness (QED) is 0.581. The number of amides is 1. The molecular weight excluding hydrogens is 406 g/mol. The summed E-state index contributed by atoms with van der Waals surface area (Å²) in [5.74, 6) is 0.0351. The Bertz CT molecular complexity index is 966. The lowest BCUT2D eigenvalue weighted by molar-refractivity contribution is -0.121. The number of sulfonamides is 1. The predicted octanol–water partition coefficient (Wildman–Crippen LogP) is -0.175. The summed E-state index contributed by atoms with van der Waals surface area (Å²) in [7, 11) is 1.60. The number of nitrogens with zero attached hydrogens (tertiary/aromatic N) is 6. The van der Waals surface area contributed by atoms with Gasteiger partial charge in [0.25, 0.3) is 0 Å². The van der Waals surface area contributed by atoms with Crippen LogP contribution in [0.1, 0.15) is 12.8 Å². The topological polar surface area (TPSA) is 104 Å². The van der Waals surface area contributed by atoms with Gasteiger partial charge in [0.1, 0.15) is 5.52 Å². The van der Waals surface area contributed by atoms with Gasteiger partial charge in [-0.2, -0.15) is 0 Å². The van der Waals surface area contributed by atoms with Crippen LogP contribution in [0.15, 0.2) is 23.1 Å². The van der Waals surface area contributed by atoms with Gasteiger partial charge in [0.15, 0.2) is 0 Å². The number of carbonyl (C=O) groups excluding carboxylic acids is 1. The lowest BCUT2D eigenvalue weighted by atomic mass is 10.2. The van der Waals surface area contributed by atoms with Gasteiger partial charge in [-0.15, -0.1) is 5.10 Å². The third-order valence-corrected chi connectivity index (χ3v) is 7.19. The number of carbonyl (C=O) groups is 1. The first-order chi connectivity index (χ1) is 14.3. The van der Waals surface area contributed by atoms with Crippen molar-refractivity contribution in [3.05, 3.63) is 18.2 Å². The van der Waals surface area contributed by atoms with Crippen LogP contribution in [0, 0.1) is 0 Å². The zero-order chi connectivity index (χ0) is 21.7. The van der Waals surface area contributed by atoms with Gasteiger partial charge in [-0.05, 0) is 31.7 Å². The first-order valence-electron chi connectivity index (χ1n) is 10.2. The highest BCUT2D eigenvalue weighted by Gasteiger charge is 2.19. The van der Waals surface area contributed by atoms with Crippen molar-refractivity contribution in [3.63, 3.8) is 0 Å². The smallest absolute Gasteiger partial charge is 0.242 e. The van der Waals surface area contributed by atoms with Crippen molar-refractivity contribution >= 4 is 27.0 Å². The molecule has 1 aliphatic rings. The third-order valence-electron chi connectivity index (χ3n) is 5.38. The molecule has 1 amide bonds. The highest BCUT2D eigenvalue weighted by molar-refractivity contribution is 7.89. The van der Waals surface area contributed by atoms with Gasteiger partial charge in [-0.1, -0.05) is 5.21 Å². The van der Waals surface area contributed by atoms with E-state index in [-0.39, 0.29) is 10.8 Å². The van der Waals surface area contributed by atoms with Gasteiger partial charge in [0, 0.05) is 66.3 Å². The van der Waals surface area contributed by atoms with Crippen molar-refractivity contribution in [1.82, 2.24) is 34.4 Å². The Balaban J connectivity index is 1.45. The number of piperazine rings is 1. The van der Waals surface area contributed by atoms with Crippen molar-refractivity contribution < 1.29 is 13.2 Å². The number of aromatic nitrogens is 3. The Hall–Kier alpha value is -2.08. The normalized spacial score (nSPS) is 16.4. The maximum Gasteiger partial charge on any atom is 0.242 e. The molecule has 1 N–H and O–H groups in total. The molecule has 0 unspecified atom stereocenters. The molecule has 11 heteroatoms. The average molecular weight is 438 g/mol. The fourth-order valence-corrected chi connectivity index (χ4v) is 4.31. The van der Waals surface area contributed by atoms with Crippen LogP contribution in [-0.2, 0) is 21.4 Å². The Morgan fingerprint density at radius 3 is 2.60 bits per heavy atom. The van der Waals surface area contributed by atoms with E-state index in [4.69, 9.17) is 0 Å². The van der Waals surface area contributed by atoms with E-state index in [1.54, 1.807) is 16.8 Å². The SMILES string of the molecule is CN1CCN(CCNC(=O)CCCn2nnc3cc(S(=O)(=O)N(C)C)ccc32)CC1. The van der Waals surface area contributed by atoms with Crippen molar-refractivity contribution in [3.8, 4) is 0 Å². The number of fused-ring (bicyclic) bond motifs is 1. The van der Waals surface area contributed by atoms with Crippen molar-refractivity contribution in [1.29, 1.82) is 0 Å².